The van der Waals surface area contributed by atoms with Gasteiger partial charge in [-0.2, -0.15) is 5.26 Å². The molecule has 0 aliphatic carbocycles. The summed E-state index contributed by atoms with van der Waals surface area (Å²) < 4.78 is 0. The monoisotopic (exact) mass is 232 g/mol. The number of aromatic carboxylic acids is 1. The summed E-state index contributed by atoms with van der Waals surface area (Å²) in [4.78, 5) is 22.7. The second-order valence-corrected chi connectivity index (χ2v) is 3.60. The number of carboxylic acid groups (broad SMARTS) is 1. The molecule has 16 heavy (non-hydrogen) atoms. The summed E-state index contributed by atoms with van der Waals surface area (Å²) in [6.45, 7) is 0. The van der Waals surface area contributed by atoms with E-state index in [1.54, 1.807) is 0 Å². The molecule has 0 aromatic carbocycles. The standard InChI is InChI=1S/C9H4N4O2S/c10-1-5-2-11-8(12-3-5)7-6(9(14)15)13-4-16-7/h2-4H,(H,14,15). The van der Waals surface area contributed by atoms with Crippen LogP contribution in [0.1, 0.15) is 16.1 Å². The molecule has 0 unspecified atom stereocenters. The fourth-order valence-electron chi connectivity index (χ4n) is 1.06. The van der Waals surface area contributed by atoms with E-state index in [0.717, 1.165) is 11.3 Å². The van der Waals surface area contributed by atoms with E-state index >= 15 is 0 Å². The van der Waals surface area contributed by atoms with Crippen molar-refractivity contribution in [3.05, 3.63) is 29.2 Å². The van der Waals surface area contributed by atoms with Crippen LogP contribution in [0, 0.1) is 11.3 Å². The third kappa shape index (κ3) is 1.74. The normalized spacial score (nSPS) is 9.69. The highest BCUT2D eigenvalue weighted by Crippen LogP contribution is 2.23. The van der Waals surface area contributed by atoms with E-state index in [0.29, 0.717) is 10.4 Å². The Morgan fingerprint density at radius 3 is 2.62 bits per heavy atom. The zero-order chi connectivity index (χ0) is 11.5. The number of nitriles is 1. The Balaban J connectivity index is 2.47. The summed E-state index contributed by atoms with van der Waals surface area (Å²) >= 11 is 1.14. The number of rotatable bonds is 2. The Labute approximate surface area is 93.9 Å². The molecule has 1 N–H and O–H groups in total. The van der Waals surface area contributed by atoms with Crippen LogP contribution in [0.2, 0.25) is 0 Å². The minimum atomic E-state index is -1.12. The molecular weight excluding hydrogens is 228 g/mol. The van der Waals surface area contributed by atoms with Crippen molar-refractivity contribution in [2.75, 3.05) is 0 Å². The van der Waals surface area contributed by atoms with Crippen molar-refractivity contribution < 1.29 is 9.90 Å². The van der Waals surface area contributed by atoms with Gasteiger partial charge in [0.05, 0.1) is 11.1 Å². The Bertz CT molecular complexity index is 570. The van der Waals surface area contributed by atoms with Crippen LogP contribution < -0.4 is 0 Å². The predicted octanol–water partition coefficient (Wildman–Crippen LogP) is 1.17. The Morgan fingerprint density at radius 2 is 2.06 bits per heavy atom. The summed E-state index contributed by atoms with van der Waals surface area (Å²) in [6, 6.07) is 1.88. The average Bonchev–Trinajstić information content (AvgIpc) is 2.78. The summed E-state index contributed by atoms with van der Waals surface area (Å²) in [6.07, 6.45) is 2.68. The number of hydrogen-bond acceptors (Lipinski definition) is 6. The van der Waals surface area contributed by atoms with E-state index in [4.69, 9.17) is 10.4 Å². The SMILES string of the molecule is N#Cc1cnc(-c2scnc2C(=O)O)nc1. The number of hydrogen-bond donors (Lipinski definition) is 1. The predicted molar refractivity (Wildman–Crippen MR) is 54.8 cm³/mol. The van der Waals surface area contributed by atoms with Crippen molar-refractivity contribution in [1.29, 1.82) is 5.26 Å². The van der Waals surface area contributed by atoms with Crippen LogP contribution in [-0.4, -0.2) is 26.0 Å². The molecule has 2 heterocycles. The number of nitrogens with zero attached hydrogens (tertiary/aromatic N) is 4. The van der Waals surface area contributed by atoms with Gasteiger partial charge >= 0.3 is 5.97 Å². The lowest BCUT2D eigenvalue weighted by Gasteiger charge is -1.96. The zero-order valence-electron chi connectivity index (χ0n) is 7.78. The van der Waals surface area contributed by atoms with E-state index in [1.165, 1.54) is 17.9 Å². The molecule has 2 aromatic rings. The topological polar surface area (TPSA) is 99.8 Å². The number of carboxylic acids is 1. The van der Waals surface area contributed by atoms with Crippen LogP contribution in [0.4, 0.5) is 0 Å². The lowest BCUT2D eigenvalue weighted by molar-refractivity contribution is 0.0692. The smallest absolute Gasteiger partial charge is 0.356 e. The fraction of sp³-hybridized carbons (Fsp3) is 0. The van der Waals surface area contributed by atoms with E-state index in [9.17, 15) is 4.79 Å². The van der Waals surface area contributed by atoms with Gasteiger partial charge in [-0.1, -0.05) is 0 Å². The van der Waals surface area contributed by atoms with Crippen molar-refractivity contribution in [3.8, 4) is 16.8 Å². The van der Waals surface area contributed by atoms with Gasteiger partial charge in [0.1, 0.15) is 10.9 Å². The van der Waals surface area contributed by atoms with E-state index < -0.39 is 5.97 Å². The lowest BCUT2D eigenvalue weighted by atomic mass is 10.3. The largest absolute Gasteiger partial charge is 0.476 e. The summed E-state index contributed by atoms with van der Waals surface area (Å²) in [5.74, 6) is -0.858. The highest BCUT2D eigenvalue weighted by atomic mass is 32.1. The van der Waals surface area contributed by atoms with Gasteiger partial charge in [-0.3, -0.25) is 0 Å². The van der Waals surface area contributed by atoms with Crippen LogP contribution in [0.25, 0.3) is 10.7 Å². The molecule has 0 amide bonds. The van der Waals surface area contributed by atoms with Gasteiger partial charge in [0, 0.05) is 12.4 Å². The van der Waals surface area contributed by atoms with Crippen LogP contribution in [-0.2, 0) is 0 Å². The summed E-state index contributed by atoms with van der Waals surface area (Å²) in [5, 5.41) is 17.4. The first-order chi connectivity index (χ1) is 7.72. The molecule has 7 heteroatoms. The van der Waals surface area contributed by atoms with Gasteiger partial charge in [-0.05, 0) is 0 Å². The van der Waals surface area contributed by atoms with E-state index in [-0.39, 0.29) is 11.5 Å². The minimum Gasteiger partial charge on any atom is -0.476 e. The van der Waals surface area contributed by atoms with E-state index in [2.05, 4.69) is 15.0 Å². The summed E-state index contributed by atoms with van der Waals surface area (Å²) in [5.41, 5.74) is 1.67. The second kappa shape index (κ2) is 4.04. The molecule has 2 rings (SSSR count). The molecule has 6 nitrogen and oxygen atoms in total. The van der Waals surface area contributed by atoms with Crippen LogP contribution in [0.3, 0.4) is 0 Å². The summed E-state index contributed by atoms with van der Waals surface area (Å²) in [7, 11) is 0. The van der Waals surface area contributed by atoms with Gasteiger partial charge in [-0.15, -0.1) is 11.3 Å². The first-order valence-electron chi connectivity index (χ1n) is 4.11. The lowest BCUT2D eigenvalue weighted by Crippen LogP contribution is -2.00. The molecule has 0 spiro atoms. The maximum absolute atomic E-state index is 10.8. The first kappa shape index (κ1) is 10.2. The van der Waals surface area contributed by atoms with Gasteiger partial charge in [-0.25, -0.2) is 19.7 Å². The van der Waals surface area contributed by atoms with Crippen molar-refractivity contribution in [2.45, 2.75) is 0 Å². The van der Waals surface area contributed by atoms with Crippen molar-refractivity contribution >= 4 is 17.3 Å². The second-order valence-electron chi connectivity index (χ2n) is 2.74. The van der Waals surface area contributed by atoms with Crippen LogP contribution in [0.15, 0.2) is 17.9 Å². The Hall–Kier alpha value is -2.33. The average molecular weight is 232 g/mol. The molecule has 0 fully saturated rings. The number of carbonyl (C=O) groups is 1. The van der Waals surface area contributed by atoms with Crippen molar-refractivity contribution in [1.82, 2.24) is 15.0 Å². The minimum absolute atomic E-state index is 0.0743. The van der Waals surface area contributed by atoms with E-state index in [1.807, 2.05) is 6.07 Å². The third-order valence-corrected chi connectivity index (χ3v) is 2.58. The highest BCUT2D eigenvalue weighted by Gasteiger charge is 2.16. The third-order valence-electron chi connectivity index (χ3n) is 1.75. The molecule has 0 radical (unpaired) electrons. The van der Waals surface area contributed by atoms with Gasteiger partial charge in [0.15, 0.2) is 11.5 Å². The molecule has 0 saturated carbocycles. The maximum Gasteiger partial charge on any atom is 0.356 e. The van der Waals surface area contributed by atoms with Crippen molar-refractivity contribution in [2.24, 2.45) is 0 Å². The van der Waals surface area contributed by atoms with Gasteiger partial charge in [0.25, 0.3) is 0 Å². The molecule has 0 bridgehead atoms. The van der Waals surface area contributed by atoms with Crippen molar-refractivity contribution in [3.63, 3.8) is 0 Å². The molecular formula is C9H4N4O2S. The first-order valence-corrected chi connectivity index (χ1v) is 4.99. The molecule has 0 aliphatic heterocycles. The molecule has 2 aromatic heterocycles. The zero-order valence-corrected chi connectivity index (χ0v) is 8.60. The molecule has 0 atom stereocenters. The molecule has 0 aliphatic rings. The van der Waals surface area contributed by atoms with Crippen LogP contribution in [0.5, 0.6) is 0 Å². The molecule has 78 valence electrons. The van der Waals surface area contributed by atoms with Gasteiger partial charge in [0.2, 0.25) is 0 Å². The Kier molecular flexibility index (Phi) is 2.57. The Morgan fingerprint density at radius 1 is 1.38 bits per heavy atom. The highest BCUT2D eigenvalue weighted by molar-refractivity contribution is 7.13. The van der Waals surface area contributed by atoms with Gasteiger partial charge < -0.3 is 5.11 Å². The van der Waals surface area contributed by atoms with Crippen LogP contribution >= 0.6 is 11.3 Å². The molecule has 0 saturated heterocycles. The quantitative estimate of drug-likeness (QED) is 0.834. The maximum atomic E-state index is 10.8. The number of aromatic nitrogens is 3. The number of thiazole rings is 1. The fourth-order valence-corrected chi connectivity index (χ4v) is 1.79.